The Balaban J connectivity index is 1.60. The number of hydrogen-bond acceptors (Lipinski definition) is 7. The van der Waals surface area contributed by atoms with Crippen molar-refractivity contribution in [1.82, 2.24) is 24.9 Å². The first-order chi connectivity index (χ1) is 15.1. The predicted octanol–water partition coefficient (Wildman–Crippen LogP) is 3.14. The molecule has 4 heterocycles. The highest BCUT2D eigenvalue weighted by Gasteiger charge is 2.15. The van der Waals surface area contributed by atoms with Crippen molar-refractivity contribution in [3.63, 3.8) is 0 Å². The van der Waals surface area contributed by atoms with E-state index in [2.05, 4.69) is 32.1 Å². The van der Waals surface area contributed by atoms with Gasteiger partial charge in [0.15, 0.2) is 0 Å². The molecule has 2 N–H and O–H groups in total. The zero-order chi connectivity index (χ0) is 21.8. The van der Waals surface area contributed by atoms with Gasteiger partial charge < -0.3 is 19.7 Å². The van der Waals surface area contributed by atoms with E-state index < -0.39 is 0 Å². The number of hydrogen-bond donors (Lipinski definition) is 2. The lowest BCUT2D eigenvalue weighted by atomic mass is 10.0. The van der Waals surface area contributed by atoms with Gasteiger partial charge in [-0.15, -0.1) is 0 Å². The summed E-state index contributed by atoms with van der Waals surface area (Å²) in [5, 5.41) is 10.2. The number of methoxy groups -OCH3 is 1. The molecule has 8 heteroatoms. The summed E-state index contributed by atoms with van der Waals surface area (Å²) in [7, 11) is 3.48. The molecule has 0 fully saturated rings. The SMILES string of the molecule is COc1nc(N(C)CCCO)ncc1-c1ccc(Cc2c[nH]c3ncccc23)c(C)n1. The monoisotopic (exact) mass is 418 g/mol. The van der Waals surface area contributed by atoms with Crippen LogP contribution in [0.4, 0.5) is 5.95 Å². The molecule has 0 bridgehead atoms. The Bertz CT molecular complexity index is 1190. The Hall–Kier alpha value is -3.52. The first-order valence-electron chi connectivity index (χ1n) is 10.2. The van der Waals surface area contributed by atoms with Crippen LogP contribution in [0.15, 0.2) is 42.9 Å². The molecular weight excluding hydrogens is 392 g/mol. The molecule has 0 aromatic carbocycles. The van der Waals surface area contributed by atoms with Crippen molar-refractivity contribution in [2.45, 2.75) is 19.8 Å². The summed E-state index contributed by atoms with van der Waals surface area (Å²) in [6.07, 6.45) is 6.96. The lowest BCUT2D eigenvalue weighted by Gasteiger charge is -2.18. The van der Waals surface area contributed by atoms with E-state index in [1.165, 1.54) is 5.56 Å². The molecule has 4 aromatic heterocycles. The number of aliphatic hydroxyl groups is 1. The third-order valence-corrected chi connectivity index (χ3v) is 5.32. The van der Waals surface area contributed by atoms with Crippen LogP contribution in [-0.2, 0) is 6.42 Å². The van der Waals surface area contributed by atoms with Crippen molar-refractivity contribution in [2.24, 2.45) is 0 Å². The van der Waals surface area contributed by atoms with Gasteiger partial charge >= 0.3 is 0 Å². The van der Waals surface area contributed by atoms with Gasteiger partial charge in [0, 0.05) is 56.3 Å². The zero-order valence-corrected chi connectivity index (χ0v) is 18.0. The smallest absolute Gasteiger partial charge is 0.228 e. The van der Waals surface area contributed by atoms with Crippen LogP contribution in [0.3, 0.4) is 0 Å². The molecule has 0 saturated carbocycles. The number of H-pyrrole nitrogens is 1. The minimum Gasteiger partial charge on any atom is -0.480 e. The molecule has 4 aromatic rings. The molecule has 0 aliphatic carbocycles. The van der Waals surface area contributed by atoms with E-state index in [0.29, 0.717) is 24.8 Å². The van der Waals surface area contributed by atoms with Crippen LogP contribution in [0.1, 0.15) is 23.2 Å². The summed E-state index contributed by atoms with van der Waals surface area (Å²) in [5.41, 5.74) is 5.69. The molecule has 0 aliphatic rings. The Kier molecular flexibility index (Phi) is 6.08. The van der Waals surface area contributed by atoms with Crippen molar-refractivity contribution >= 4 is 17.0 Å². The van der Waals surface area contributed by atoms with Crippen molar-refractivity contribution < 1.29 is 9.84 Å². The van der Waals surface area contributed by atoms with Crippen LogP contribution < -0.4 is 9.64 Å². The standard InChI is InChI=1S/C23H26N6O2/c1-15-16(12-17-13-25-21-18(17)6-4-9-24-21)7-8-20(27-15)19-14-26-23(28-22(19)31-3)29(2)10-5-11-30/h4,6-9,13-14,30H,5,10-12H2,1-3H3,(H,24,25). The van der Waals surface area contributed by atoms with E-state index in [0.717, 1.165) is 40.0 Å². The number of aromatic amines is 1. The normalized spacial score (nSPS) is 11.1. The maximum Gasteiger partial charge on any atom is 0.228 e. The number of aromatic nitrogens is 5. The molecule has 0 saturated heterocycles. The summed E-state index contributed by atoms with van der Waals surface area (Å²) < 4.78 is 5.52. The predicted molar refractivity (Wildman–Crippen MR) is 120 cm³/mol. The average molecular weight is 419 g/mol. The van der Waals surface area contributed by atoms with Crippen molar-refractivity contribution in [3.8, 4) is 17.1 Å². The summed E-state index contributed by atoms with van der Waals surface area (Å²) in [6.45, 7) is 2.80. The quantitative estimate of drug-likeness (QED) is 0.453. The molecule has 160 valence electrons. The minimum absolute atomic E-state index is 0.129. The number of aryl methyl sites for hydroxylation is 1. The van der Waals surface area contributed by atoms with Crippen LogP contribution in [0.2, 0.25) is 0 Å². The third kappa shape index (κ3) is 4.34. The summed E-state index contributed by atoms with van der Waals surface area (Å²) in [5.74, 6) is 1.03. The highest BCUT2D eigenvalue weighted by atomic mass is 16.5. The second kappa shape index (κ2) is 9.09. The number of pyridine rings is 2. The highest BCUT2D eigenvalue weighted by Crippen LogP contribution is 2.29. The molecule has 0 atom stereocenters. The number of rotatable bonds is 8. The summed E-state index contributed by atoms with van der Waals surface area (Å²) in [6, 6.07) is 8.09. The number of fused-ring (bicyclic) bond motifs is 1. The van der Waals surface area contributed by atoms with Crippen molar-refractivity contribution in [3.05, 3.63) is 59.7 Å². The van der Waals surface area contributed by atoms with Gasteiger partial charge in [-0.3, -0.25) is 4.98 Å². The van der Waals surface area contributed by atoms with E-state index in [-0.39, 0.29) is 6.61 Å². The lowest BCUT2D eigenvalue weighted by molar-refractivity contribution is 0.290. The number of anilines is 1. The Morgan fingerprint density at radius 1 is 1.13 bits per heavy atom. The van der Waals surface area contributed by atoms with E-state index in [9.17, 15) is 0 Å². The van der Waals surface area contributed by atoms with Crippen LogP contribution in [0, 0.1) is 6.92 Å². The molecular formula is C23H26N6O2. The molecule has 0 aliphatic heterocycles. The van der Waals surface area contributed by atoms with Crippen LogP contribution in [0.25, 0.3) is 22.3 Å². The number of nitrogens with zero attached hydrogens (tertiary/aromatic N) is 5. The summed E-state index contributed by atoms with van der Waals surface area (Å²) >= 11 is 0. The fourth-order valence-corrected chi connectivity index (χ4v) is 3.57. The third-order valence-electron chi connectivity index (χ3n) is 5.32. The zero-order valence-electron chi connectivity index (χ0n) is 18.0. The number of nitrogens with one attached hydrogen (secondary N) is 1. The molecule has 0 radical (unpaired) electrons. The fourth-order valence-electron chi connectivity index (χ4n) is 3.57. The van der Waals surface area contributed by atoms with Gasteiger partial charge in [0.05, 0.1) is 18.4 Å². The van der Waals surface area contributed by atoms with Gasteiger partial charge in [-0.25, -0.2) is 9.97 Å². The molecule has 0 amide bonds. The number of ether oxygens (including phenoxy) is 1. The van der Waals surface area contributed by atoms with E-state index in [1.807, 2.05) is 37.2 Å². The molecule has 0 unspecified atom stereocenters. The topological polar surface area (TPSA) is 100 Å². The van der Waals surface area contributed by atoms with Gasteiger partial charge in [0.25, 0.3) is 0 Å². The largest absolute Gasteiger partial charge is 0.480 e. The molecule has 31 heavy (non-hydrogen) atoms. The molecule has 8 nitrogen and oxygen atoms in total. The number of aliphatic hydroxyl groups excluding tert-OH is 1. The van der Waals surface area contributed by atoms with E-state index >= 15 is 0 Å². The van der Waals surface area contributed by atoms with Gasteiger partial charge in [-0.1, -0.05) is 6.07 Å². The van der Waals surface area contributed by atoms with Gasteiger partial charge in [-0.05, 0) is 42.7 Å². The van der Waals surface area contributed by atoms with Crippen molar-refractivity contribution in [2.75, 3.05) is 32.2 Å². The Morgan fingerprint density at radius 3 is 2.77 bits per heavy atom. The fraction of sp³-hybridized carbons (Fsp3) is 0.304. The second-order valence-corrected chi connectivity index (χ2v) is 7.42. The second-order valence-electron chi connectivity index (χ2n) is 7.42. The molecule has 0 spiro atoms. The van der Waals surface area contributed by atoms with Crippen LogP contribution >= 0.6 is 0 Å². The summed E-state index contributed by atoms with van der Waals surface area (Å²) in [4.78, 5) is 23.3. The van der Waals surface area contributed by atoms with Gasteiger partial charge in [0.2, 0.25) is 11.8 Å². The molecule has 4 rings (SSSR count). The highest BCUT2D eigenvalue weighted by molar-refractivity contribution is 5.80. The van der Waals surface area contributed by atoms with Crippen molar-refractivity contribution in [1.29, 1.82) is 0 Å². The first kappa shape index (κ1) is 20.7. The van der Waals surface area contributed by atoms with Crippen LogP contribution in [0.5, 0.6) is 5.88 Å². The lowest BCUT2D eigenvalue weighted by Crippen LogP contribution is -2.22. The minimum atomic E-state index is 0.129. The average Bonchev–Trinajstić information content (AvgIpc) is 3.21. The van der Waals surface area contributed by atoms with Gasteiger partial charge in [0.1, 0.15) is 5.65 Å². The van der Waals surface area contributed by atoms with Gasteiger partial charge in [-0.2, -0.15) is 4.98 Å². The van der Waals surface area contributed by atoms with Crippen LogP contribution in [-0.4, -0.2) is 57.3 Å². The first-order valence-corrected chi connectivity index (χ1v) is 10.2. The van der Waals surface area contributed by atoms with E-state index in [1.54, 1.807) is 19.5 Å². The van der Waals surface area contributed by atoms with E-state index in [4.69, 9.17) is 14.8 Å². The Morgan fingerprint density at radius 2 is 2.00 bits per heavy atom. The Labute approximate surface area is 181 Å². The maximum atomic E-state index is 9.03. The maximum absolute atomic E-state index is 9.03.